The SMILES string of the molecule is CCc1ccc(C(=O)N2CCN(C(=O)C(C)C)[C@H]3CS(=O)(=O)C[C@H]32)s1. The van der Waals surface area contributed by atoms with Crippen molar-refractivity contribution < 1.29 is 18.0 Å². The number of amides is 2. The molecule has 2 saturated heterocycles. The molecule has 8 heteroatoms. The van der Waals surface area contributed by atoms with Gasteiger partial charge in [0.05, 0.1) is 28.5 Å². The standard InChI is InChI=1S/C17H24N2O4S2/c1-4-12-5-6-15(24-12)17(21)19-8-7-18(16(20)11(2)3)13-9-25(22,23)10-14(13)19/h5-6,11,13-14H,4,7-10H2,1-3H3/t13-,14+/m0/s1. The van der Waals surface area contributed by atoms with E-state index < -0.39 is 21.9 Å². The molecule has 3 rings (SSSR count). The van der Waals surface area contributed by atoms with Crippen LogP contribution in [0.2, 0.25) is 0 Å². The molecule has 2 aliphatic heterocycles. The molecule has 0 saturated carbocycles. The van der Waals surface area contributed by atoms with Crippen molar-refractivity contribution in [3.63, 3.8) is 0 Å². The summed E-state index contributed by atoms with van der Waals surface area (Å²) in [6, 6.07) is 2.89. The second kappa shape index (κ2) is 6.72. The van der Waals surface area contributed by atoms with Gasteiger partial charge >= 0.3 is 0 Å². The van der Waals surface area contributed by atoms with Crippen LogP contribution in [0.4, 0.5) is 0 Å². The van der Waals surface area contributed by atoms with Crippen molar-refractivity contribution in [3.05, 3.63) is 21.9 Å². The number of sulfone groups is 1. The molecule has 0 N–H and O–H groups in total. The summed E-state index contributed by atoms with van der Waals surface area (Å²) < 4.78 is 24.4. The zero-order chi connectivity index (χ0) is 18.4. The number of nitrogens with zero attached hydrogens (tertiary/aromatic N) is 2. The predicted molar refractivity (Wildman–Crippen MR) is 97.5 cm³/mol. The van der Waals surface area contributed by atoms with E-state index in [4.69, 9.17) is 0 Å². The number of rotatable bonds is 3. The maximum atomic E-state index is 12.9. The highest BCUT2D eigenvalue weighted by atomic mass is 32.2. The predicted octanol–water partition coefficient (Wildman–Crippen LogP) is 1.42. The Hall–Kier alpha value is -1.41. The molecule has 138 valence electrons. The molecule has 2 amide bonds. The average molecular weight is 385 g/mol. The third-order valence-electron chi connectivity index (χ3n) is 4.93. The van der Waals surface area contributed by atoms with Crippen LogP contribution in [-0.4, -0.2) is 66.7 Å². The number of thiophene rings is 1. The minimum atomic E-state index is -3.25. The van der Waals surface area contributed by atoms with Crippen molar-refractivity contribution in [1.29, 1.82) is 0 Å². The number of hydrogen-bond acceptors (Lipinski definition) is 5. The van der Waals surface area contributed by atoms with E-state index >= 15 is 0 Å². The van der Waals surface area contributed by atoms with Crippen LogP contribution in [0, 0.1) is 5.92 Å². The molecule has 0 aliphatic carbocycles. The number of carbonyl (C=O) groups is 2. The Morgan fingerprint density at radius 2 is 1.76 bits per heavy atom. The molecule has 2 aliphatic rings. The van der Waals surface area contributed by atoms with Crippen molar-refractivity contribution in [3.8, 4) is 0 Å². The van der Waals surface area contributed by atoms with Crippen LogP contribution in [0.15, 0.2) is 12.1 Å². The fourth-order valence-corrected chi connectivity index (χ4v) is 6.52. The topological polar surface area (TPSA) is 74.8 Å². The first-order valence-electron chi connectivity index (χ1n) is 8.64. The highest BCUT2D eigenvalue weighted by Crippen LogP contribution is 2.30. The van der Waals surface area contributed by atoms with Crippen LogP contribution in [0.1, 0.15) is 35.3 Å². The second-order valence-corrected chi connectivity index (χ2v) is 10.3. The summed E-state index contributed by atoms with van der Waals surface area (Å²) in [5.41, 5.74) is 0. The van der Waals surface area contributed by atoms with Crippen LogP contribution in [-0.2, 0) is 21.1 Å². The molecule has 0 spiro atoms. The van der Waals surface area contributed by atoms with Gasteiger partial charge in [0, 0.05) is 23.9 Å². The smallest absolute Gasteiger partial charge is 0.264 e. The maximum Gasteiger partial charge on any atom is 0.264 e. The van der Waals surface area contributed by atoms with E-state index in [1.54, 1.807) is 9.80 Å². The third kappa shape index (κ3) is 3.46. The minimum absolute atomic E-state index is 0.0383. The lowest BCUT2D eigenvalue weighted by Crippen LogP contribution is -2.62. The van der Waals surface area contributed by atoms with Crippen LogP contribution >= 0.6 is 11.3 Å². The van der Waals surface area contributed by atoms with Gasteiger partial charge in [-0.2, -0.15) is 0 Å². The summed E-state index contributed by atoms with van der Waals surface area (Å²) in [5, 5.41) is 0. The van der Waals surface area contributed by atoms with Gasteiger partial charge in [0.15, 0.2) is 9.84 Å². The fraction of sp³-hybridized carbons (Fsp3) is 0.647. The first kappa shape index (κ1) is 18.4. The lowest BCUT2D eigenvalue weighted by atomic mass is 10.0. The Balaban J connectivity index is 1.88. The summed E-state index contributed by atoms with van der Waals surface area (Å²) >= 11 is 1.46. The highest BCUT2D eigenvalue weighted by Gasteiger charge is 2.49. The molecule has 2 atom stereocenters. The molecule has 0 radical (unpaired) electrons. The first-order valence-corrected chi connectivity index (χ1v) is 11.3. The Kier molecular flexibility index (Phi) is 4.94. The highest BCUT2D eigenvalue weighted by molar-refractivity contribution is 7.91. The lowest BCUT2D eigenvalue weighted by molar-refractivity contribution is -0.139. The summed E-state index contributed by atoms with van der Waals surface area (Å²) in [7, 11) is -3.25. The molecule has 0 aromatic carbocycles. The molecule has 0 unspecified atom stereocenters. The van der Waals surface area contributed by atoms with Gasteiger partial charge in [-0.25, -0.2) is 8.42 Å². The van der Waals surface area contributed by atoms with E-state index in [1.807, 2.05) is 32.9 Å². The van der Waals surface area contributed by atoms with Gasteiger partial charge in [0.2, 0.25) is 5.91 Å². The van der Waals surface area contributed by atoms with Crippen LogP contribution < -0.4 is 0 Å². The second-order valence-electron chi connectivity index (χ2n) is 7.02. The van der Waals surface area contributed by atoms with Crippen molar-refractivity contribution in [2.75, 3.05) is 24.6 Å². The van der Waals surface area contributed by atoms with Gasteiger partial charge in [0.1, 0.15) is 0 Å². The summed E-state index contributed by atoms with van der Waals surface area (Å²) in [5.74, 6) is -0.449. The van der Waals surface area contributed by atoms with Crippen molar-refractivity contribution in [2.24, 2.45) is 5.92 Å². The zero-order valence-electron chi connectivity index (χ0n) is 14.8. The number of hydrogen-bond donors (Lipinski definition) is 0. The van der Waals surface area contributed by atoms with E-state index in [-0.39, 0.29) is 29.2 Å². The molecule has 3 heterocycles. The van der Waals surface area contributed by atoms with E-state index in [0.717, 1.165) is 11.3 Å². The molecule has 1 aromatic heterocycles. The van der Waals surface area contributed by atoms with Crippen LogP contribution in [0.25, 0.3) is 0 Å². The molecule has 2 fully saturated rings. The molecule has 25 heavy (non-hydrogen) atoms. The van der Waals surface area contributed by atoms with Crippen LogP contribution in [0.5, 0.6) is 0 Å². The lowest BCUT2D eigenvalue weighted by Gasteiger charge is -2.44. The van der Waals surface area contributed by atoms with Gasteiger partial charge in [-0.1, -0.05) is 20.8 Å². The van der Waals surface area contributed by atoms with Gasteiger partial charge in [-0.05, 0) is 18.6 Å². The Morgan fingerprint density at radius 1 is 1.16 bits per heavy atom. The average Bonchev–Trinajstić information content (AvgIpc) is 3.15. The van der Waals surface area contributed by atoms with Gasteiger partial charge in [0.25, 0.3) is 5.91 Å². The summed E-state index contributed by atoms with van der Waals surface area (Å²) in [6.07, 6.45) is 0.870. The maximum absolute atomic E-state index is 12.9. The largest absolute Gasteiger partial charge is 0.335 e. The van der Waals surface area contributed by atoms with Gasteiger partial charge in [-0.15, -0.1) is 11.3 Å². The number of aryl methyl sites for hydroxylation is 1. The van der Waals surface area contributed by atoms with Crippen molar-refractivity contribution in [2.45, 2.75) is 39.3 Å². The molecular formula is C17H24N2O4S2. The summed E-state index contributed by atoms with van der Waals surface area (Å²) in [4.78, 5) is 30.5. The number of carbonyl (C=O) groups excluding carboxylic acids is 2. The molecular weight excluding hydrogens is 360 g/mol. The monoisotopic (exact) mass is 384 g/mol. The molecule has 0 bridgehead atoms. The first-order chi connectivity index (χ1) is 11.7. The minimum Gasteiger partial charge on any atom is -0.335 e. The van der Waals surface area contributed by atoms with Crippen LogP contribution in [0.3, 0.4) is 0 Å². The molecule has 1 aromatic rings. The van der Waals surface area contributed by atoms with Crippen molar-refractivity contribution in [1.82, 2.24) is 9.80 Å². The van der Waals surface area contributed by atoms with E-state index in [2.05, 4.69) is 0 Å². The Bertz CT molecular complexity index is 784. The van der Waals surface area contributed by atoms with Crippen molar-refractivity contribution >= 4 is 33.0 Å². The fourth-order valence-electron chi connectivity index (χ4n) is 3.63. The van der Waals surface area contributed by atoms with Gasteiger partial charge in [-0.3, -0.25) is 9.59 Å². The Morgan fingerprint density at radius 3 is 2.32 bits per heavy atom. The van der Waals surface area contributed by atoms with E-state index in [9.17, 15) is 18.0 Å². The number of piperazine rings is 1. The van der Waals surface area contributed by atoms with Gasteiger partial charge < -0.3 is 9.80 Å². The summed E-state index contributed by atoms with van der Waals surface area (Å²) in [6.45, 7) is 6.45. The zero-order valence-corrected chi connectivity index (χ0v) is 16.4. The Labute approximate surface area is 152 Å². The quantitative estimate of drug-likeness (QED) is 0.790. The number of fused-ring (bicyclic) bond motifs is 1. The normalized spacial score (nSPS) is 25.3. The van der Waals surface area contributed by atoms with E-state index in [1.165, 1.54) is 11.3 Å². The third-order valence-corrected chi connectivity index (χ3v) is 7.85. The van der Waals surface area contributed by atoms with E-state index in [0.29, 0.717) is 18.0 Å². The molecule has 6 nitrogen and oxygen atoms in total.